The van der Waals surface area contributed by atoms with Crippen molar-refractivity contribution in [3.05, 3.63) is 48.3 Å². The van der Waals surface area contributed by atoms with E-state index in [0.717, 1.165) is 35.1 Å². The maximum atomic E-state index is 6.21. The molecule has 3 rings (SSSR count). The van der Waals surface area contributed by atoms with Crippen molar-refractivity contribution in [3.8, 4) is 5.75 Å². The molecule has 0 amide bonds. The van der Waals surface area contributed by atoms with E-state index in [1.54, 1.807) is 19.5 Å². The standard InChI is InChI=1S/C24H31N5O3/c1-5-7-21(16-27-25-3)29-11-6-8-24(28-29)32-18(2)19-9-10-23-20(14-19)15-22(17-26-23)31-13-12-30-4/h6,9-11,14-18,21H,3,5,7-8,12-13H2,1-2,4H3/b27-16+. The maximum absolute atomic E-state index is 6.21. The van der Waals surface area contributed by atoms with Gasteiger partial charge in [0, 0.05) is 31.8 Å². The lowest BCUT2D eigenvalue weighted by atomic mass is 10.1. The highest BCUT2D eigenvalue weighted by Gasteiger charge is 2.18. The Kier molecular flexibility index (Phi) is 8.74. The molecule has 2 heterocycles. The van der Waals surface area contributed by atoms with Crippen LogP contribution in [0.25, 0.3) is 10.9 Å². The fourth-order valence-electron chi connectivity index (χ4n) is 3.39. The third-order valence-electron chi connectivity index (χ3n) is 5.04. The normalized spacial score (nSPS) is 15.6. The Labute approximate surface area is 189 Å². The Morgan fingerprint density at radius 2 is 2.16 bits per heavy atom. The molecule has 0 saturated carbocycles. The van der Waals surface area contributed by atoms with E-state index in [-0.39, 0.29) is 12.1 Å². The van der Waals surface area contributed by atoms with Gasteiger partial charge in [0.05, 0.1) is 30.6 Å². The van der Waals surface area contributed by atoms with Crippen molar-refractivity contribution in [1.29, 1.82) is 0 Å². The molecule has 1 aromatic heterocycles. The smallest absolute Gasteiger partial charge is 0.210 e. The van der Waals surface area contributed by atoms with Crippen LogP contribution in [0.5, 0.6) is 5.75 Å². The van der Waals surface area contributed by atoms with Crippen molar-refractivity contribution in [2.45, 2.75) is 45.3 Å². The van der Waals surface area contributed by atoms with Crippen LogP contribution in [-0.2, 0) is 9.47 Å². The van der Waals surface area contributed by atoms with Crippen LogP contribution in [0.2, 0.25) is 0 Å². The highest BCUT2D eigenvalue weighted by Crippen LogP contribution is 2.25. The maximum Gasteiger partial charge on any atom is 0.210 e. The van der Waals surface area contributed by atoms with Crippen molar-refractivity contribution in [2.24, 2.45) is 15.3 Å². The molecular formula is C24H31N5O3. The van der Waals surface area contributed by atoms with Crippen molar-refractivity contribution < 1.29 is 14.2 Å². The van der Waals surface area contributed by atoms with E-state index < -0.39 is 0 Å². The lowest BCUT2D eigenvalue weighted by Crippen LogP contribution is -2.31. The minimum Gasteiger partial charge on any atom is -0.490 e. The van der Waals surface area contributed by atoms with Crippen LogP contribution in [0.15, 0.2) is 58.0 Å². The first-order valence-corrected chi connectivity index (χ1v) is 10.8. The van der Waals surface area contributed by atoms with Crippen LogP contribution in [0.3, 0.4) is 0 Å². The number of fused-ring (bicyclic) bond motifs is 1. The number of hydrogen-bond acceptors (Lipinski definition) is 8. The number of hydrazone groups is 1. The number of methoxy groups -OCH3 is 1. The Morgan fingerprint density at radius 1 is 1.28 bits per heavy atom. The zero-order valence-corrected chi connectivity index (χ0v) is 19.0. The molecule has 2 atom stereocenters. The second-order valence-corrected chi connectivity index (χ2v) is 7.45. The minimum absolute atomic E-state index is 0.0132. The summed E-state index contributed by atoms with van der Waals surface area (Å²) in [6, 6.07) is 8.10. The van der Waals surface area contributed by atoms with Gasteiger partial charge in [-0.3, -0.25) is 9.99 Å². The number of nitrogens with zero attached hydrogens (tertiary/aromatic N) is 5. The largest absolute Gasteiger partial charge is 0.490 e. The van der Waals surface area contributed by atoms with E-state index in [2.05, 4.69) is 40.0 Å². The van der Waals surface area contributed by atoms with Gasteiger partial charge in [0.1, 0.15) is 18.5 Å². The fraction of sp³-hybridized carbons (Fsp3) is 0.417. The Bertz CT molecular complexity index is 989. The van der Waals surface area contributed by atoms with Gasteiger partial charge in [-0.25, -0.2) is 0 Å². The molecule has 170 valence electrons. The van der Waals surface area contributed by atoms with Gasteiger partial charge in [-0.2, -0.15) is 10.2 Å². The van der Waals surface area contributed by atoms with E-state index in [0.29, 0.717) is 25.5 Å². The summed E-state index contributed by atoms with van der Waals surface area (Å²) in [4.78, 5) is 4.48. The number of pyridine rings is 1. The number of aromatic nitrogens is 1. The summed E-state index contributed by atoms with van der Waals surface area (Å²) in [5.41, 5.74) is 1.95. The molecule has 8 heteroatoms. The number of hydrogen-bond donors (Lipinski definition) is 0. The van der Waals surface area contributed by atoms with Gasteiger partial charge in [-0.15, -0.1) is 5.10 Å². The van der Waals surface area contributed by atoms with E-state index in [9.17, 15) is 0 Å². The third kappa shape index (κ3) is 6.37. The molecule has 0 bridgehead atoms. The highest BCUT2D eigenvalue weighted by molar-refractivity contribution is 5.81. The zero-order valence-electron chi connectivity index (χ0n) is 19.0. The summed E-state index contributed by atoms with van der Waals surface area (Å²) in [6.45, 7) is 8.57. The summed E-state index contributed by atoms with van der Waals surface area (Å²) in [6.07, 6.45) is 9.87. The average molecular weight is 438 g/mol. The lowest BCUT2D eigenvalue weighted by molar-refractivity contribution is 0.146. The highest BCUT2D eigenvalue weighted by atomic mass is 16.5. The van der Waals surface area contributed by atoms with E-state index >= 15 is 0 Å². The topological polar surface area (TPSA) is 80.9 Å². The van der Waals surface area contributed by atoms with Crippen molar-refractivity contribution in [1.82, 2.24) is 9.99 Å². The summed E-state index contributed by atoms with van der Waals surface area (Å²) >= 11 is 0. The molecule has 0 fully saturated rings. The predicted octanol–water partition coefficient (Wildman–Crippen LogP) is 4.73. The van der Waals surface area contributed by atoms with Crippen molar-refractivity contribution in [2.75, 3.05) is 20.3 Å². The molecule has 1 aromatic carbocycles. The van der Waals surface area contributed by atoms with Crippen LogP contribution >= 0.6 is 0 Å². The van der Waals surface area contributed by atoms with Gasteiger partial charge >= 0.3 is 0 Å². The van der Waals surface area contributed by atoms with E-state index in [1.165, 1.54) is 0 Å². The third-order valence-corrected chi connectivity index (χ3v) is 5.04. The number of ether oxygens (including phenoxy) is 3. The van der Waals surface area contributed by atoms with Crippen LogP contribution in [0, 0.1) is 0 Å². The first-order valence-electron chi connectivity index (χ1n) is 10.8. The number of benzene rings is 1. The summed E-state index contributed by atoms with van der Waals surface area (Å²) in [7, 11) is 1.65. The fourth-order valence-corrected chi connectivity index (χ4v) is 3.39. The molecule has 2 unspecified atom stereocenters. The van der Waals surface area contributed by atoms with Crippen molar-refractivity contribution >= 4 is 29.7 Å². The van der Waals surface area contributed by atoms with Gasteiger partial charge in [-0.05, 0) is 37.1 Å². The first kappa shape index (κ1) is 23.4. The monoisotopic (exact) mass is 437 g/mol. The molecule has 1 aliphatic heterocycles. The number of rotatable bonds is 11. The van der Waals surface area contributed by atoms with Crippen molar-refractivity contribution in [3.63, 3.8) is 0 Å². The molecule has 0 spiro atoms. The lowest BCUT2D eigenvalue weighted by Gasteiger charge is -2.27. The van der Waals surface area contributed by atoms with Crippen LogP contribution in [0.4, 0.5) is 0 Å². The Morgan fingerprint density at radius 3 is 2.94 bits per heavy atom. The summed E-state index contributed by atoms with van der Waals surface area (Å²) in [5.74, 6) is 1.38. The quantitative estimate of drug-likeness (QED) is 0.288. The van der Waals surface area contributed by atoms with Gasteiger partial charge in [-0.1, -0.05) is 25.5 Å². The molecule has 2 aromatic rings. The van der Waals surface area contributed by atoms with Crippen LogP contribution in [-0.4, -0.2) is 55.2 Å². The van der Waals surface area contributed by atoms with E-state index in [1.807, 2.05) is 42.4 Å². The molecule has 8 nitrogen and oxygen atoms in total. The molecule has 0 aliphatic carbocycles. The summed E-state index contributed by atoms with van der Waals surface area (Å²) < 4.78 is 16.9. The Hall–Kier alpha value is -3.26. The second-order valence-electron chi connectivity index (χ2n) is 7.45. The van der Waals surface area contributed by atoms with E-state index in [4.69, 9.17) is 14.2 Å². The molecule has 1 aliphatic rings. The van der Waals surface area contributed by atoms with Crippen LogP contribution in [0.1, 0.15) is 44.8 Å². The average Bonchev–Trinajstić information content (AvgIpc) is 2.81. The Balaban J connectivity index is 1.72. The molecule has 0 N–H and O–H groups in total. The molecule has 32 heavy (non-hydrogen) atoms. The van der Waals surface area contributed by atoms with Gasteiger partial charge in [0.25, 0.3) is 0 Å². The first-order chi connectivity index (χ1) is 15.6. The molecule has 0 radical (unpaired) electrons. The zero-order chi connectivity index (χ0) is 22.8. The van der Waals surface area contributed by atoms with Gasteiger partial charge < -0.3 is 14.2 Å². The SMILES string of the molecule is C=N/N=C/C(CCC)N1C=CCC(OC(C)c2ccc3ncc(OCCOC)cc3c2)=N1. The summed E-state index contributed by atoms with van der Waals surface area (Å²) in [5, 5.41) is 15.1. The minimum atomic E-state index is -0.169. The molecular weight excluding hydrogens is 406 g/mol. The van der Waals surface area contributed by atoms with Gasteiger partial charge in [0.15, 0.2) is 0 Å². The van der Waals surface area contributed by atoms with Gasteiger partial charge in [0.2, 0.25) is 5.90 Å². The second kappa shape index (κ2) is 12.0. The molecule has 0 saturated heterocycles. The predicted molar refractivity (Wildman–Crippen MR) is 128 cm³/mol. The van der Waals surface area contributed by atoms with Crippen LogP contribution < -0.4 is 4.74 Å².